The maximum atomic E-state index is 12.3. The van der Waals surface area contributed by atoms with Crippen LogP contribution >= 0.6 is 23.5 Å². The van der Waals surface area contributed by atoms with Gasteiger partial charge in [-0.05, 0) is 85.0 Å². The lowest BCUT2D eigenvalue weighted by Gasteiger charge is -2.23. The van der Waals surface area contributed by atoms with Gasteiger partial charge in [0.25, 0.3) is 0 Å². The summed E-state index contributed by atoms with van der Waals surface area (Å²) in [5, 5.41) is 20.6. The van der Waals surface area contributed by atoms with E-state index in [0.717, 1.165) is 46.6 Å². The van der Waals surface area contributed by atoms with Crippen LogP contribution in [-0.4, -0.2) is 34.3 Å². The van der Waals surface area contributed by atoms with Gasteiger partial charge < -0.3 is 14.9 Å². The van der Waals surface area contributed by atoms with Crippen LogP contribution in [0.1, 0.15) is 87.2 Å². The fraction of sp³-hybridized carbons (Fsp3) is 0.536. The molecule has 6 heteroatoms. The summed E-state index contributed by atoms with van der Waals surface area (Å²) in [5.74, 6) is 2.41. The number of hydrogen-bond donors (Lipinski definition) is 2. The lowest BCUT2D eigenvalue weighted by atomic mass is 9.84. The molecule has 0 aliphatic heterocycles. The summed E-state index contributed by atoms with van der Waals surface area (Å²) in [6.45, 7) is 0.368. The van der Waals surface area contributed by atoms with E-state index >= 15 is 0 Å². The number of thioether (sulfide) groups is 2. The number of ether oxygens (including phenoxy) is 1. The van der Waals surface area contributed by atoms with Crippen molar-refractivity contribution >= 4 is 29.5 Å². The maximum absolute atomic E-state index is 12.3. The third-order valence-electron chi connectivity index (χ3n) is 7.06. The molecule has 4 nitrogen and oxygen atoms in total. The van der Waals surface area contributed by atoms with Gasteiger partial charge in [-0.2, -0.15) is 0 Å². The molecule has 0 bridgehead atoms. The van der Waals surface area contributed by atoms with Gasteiger partial charge in [-0.3, -0.25) is 4.79 Å². The molecule has 2 N–H and O–H groups in total. The summed E-state index contributed by atoms with van der Waals surface area (Å²) in [7, 11) is 0. The molecule has 0 amide bonds. The van der Waals surface area contributed by atoms with Crippen molar-refractivity contribution in [3.05, 3.63) is 47.5 Å². The predicted molar refractivity (Wildman–Crippen MR) is 140 cm³/mol. The zero-order valence-corrected chi connectivity index (χ0v) is 21.5. The quantitative estimate of drug-likeness (QED) is 0.210. The van der Waals surface area contributed by atoms with E-state index in [-0.39, 0.29) is 11.7 Å². The lowest BCUT2D eigenvalue weighted by molar-refractivity contribution is -0.139. The molecule has 0 aromatic heterocycles. The van der Waals surface area contributed by atoms with Crippen molar-refractivity contribution in [1.82, 2.24) is 0 Å². The Balaban J connectivity index is 1.20. The number of aromatic hydroxyl groups is 2. The Labute approximate surface area is 211 Å². The van der Waals surface area contributed by atoms with E-state index in [9.17, 15) is 15.0 Å². The Morgan fingerprint density at radius 2 is 1.26 bits per heavy atom. The summed E-state index contributed by atoms with van der Waals surface area (Å²) < 4.78 is 5.45. The lowest BCUT2D eigenvalue weighted by Crippen LogP contribution is -2.10. The molecule has 0 spiro atoms. The molecular formula is C28H36O4S2. The number of carbonyl (C=O) groups is 1. The molecule has 2 aliphatic carbocycles. The van der Waals surface area contributed by atoms with Crippen molar-refractivity contribution in [2.45, 2.75) is 85.8 Å². The van der Waals surface area contributed by atoms with Crippen LogP contribution in [0, 0.1) is 0 Å². The first-order chi connectivity index (χ1) is 16.6. The molecule has 34 heavy (non-hydrogen) atoms. The van der Waals surface area contributed by atoms with Gasteiger partial charge in [0.1, 0.15) is 18.1 Å². The monoisotopic (exact) mass is 500 g/mol. The van der Waals surface area contributed by atoms with Gasteiger partial charge in [0, 0.05) is 15.5 Å². The van der Waals surface area contributed by atoms with E-state index in [1.165, 1.54) is 50.3 Å². The van der Waals surface area contributed by atoms with Crippen LogP contribution in [0.25, 0.3) is 0 Å². The highest BCUT2D eigenvalue weighted by Gasteiger charge is 2.20. The first kappa shape index (κ1) is 25.3. The zero-order valence-electron chi connectivity index (χ0n) is 19.8. The van der Waals surface area contributed by atoms with E-state index in [1.54, 1.807) is 23.9 Å². The Morgan fingerprint density at radius 1 is 0.765 bits per heavy atom. The van der Waals surface area contributed by atoms with Gasteiger partial charge in [-0.1, -0.05) is 38.5 Å². The molecule has 4 rings (SSSR count). The van der Waals surface area contributed by atoms with E-state index < -0.39 is 0 Å². The van der Waals surface area contributed by atoms with Crippen LogP contribution in [0.5, 0.6) is 11.5 Å². The summed E-state index contributed by atoms with van der Waals surface area (Å²) >= 11 is 3.13. The molecule has 0 radical (unpaired) electrons. The fourth-order valence-corrected chi connectivity index (χ4v) is 6.74. The number of phenolic OH excluding ortho intramolecular Hbond substituents is 2. The first-order valence-electron chi connectivity index (χ1n) is 12.7. The van der Waals surface area contributed by atoms with Crippen molar-refractivity contribution in [3.8, 4) is 11.5 Å². The Hall–Kier alpha value is -1.79. The van der Waals surface area contributed by atoms with Crippen LogP contribution in [0.15, 0.2) is 46.2 Å². The molecule has 184 valence electrons. The van der Waals surface area contributed by atoms with Crippen molar-refractivity contribution in [1.29, 1.82) is 0 Å². The van der Waals surface area contributed by atoms with Crippen LogP contribution in [0.2, 0.25) is 0 Å². The highest BCUT2D eigenvalue weighted by atomic mass is 32.2. The van der Waals surface area contributed by atoms with Gasteiger partial charge >= 0.3 is 5.97 Å². The summed E-state index contributed by atoms with van der Waals surface area (Å²) in [6, 6.07) is 11.5. The average Bonchev–Trinajstić information content (AvgIpc) is 2.88. The molecule has 0 heterocycles. The maximum Gasteiger partial charge on any atom is 0.316 e. The molecule has 0 unspecified atom stereocenters. The average molecular weight is 501 g/mol. The molecule has 2 saturated carbocycles. The van der Waals surface area contributed by atoms with Crippen LogP contribution in [0.3, 0.4) is 0 Å². The predicted octanol–water partition coefficient (Wildman–Crippen LogP) is 7.62. The van der Waals surface area contributed by atoms with Crippen LogP contribution in [0.4, 0.5) is 0 Å². The molecular weight excluding hydrogens is 464 g/mol. The number of benzene rings is 2. The summed E-state index contributed by atoms with van der Waals surface area (Å²) in [4.78, 5) is 14.4. The number of hydrogen-bond acceptors (Lipinski definition) is 6. The fourth-order valence-electron chi connectivity index (χ4n) is 5.22. The number of esters is 1. The van der Waals surface area contributed by atoms with Crippen molar-refractivity contribution in [2.24, 2.45) is 0 Å². The van der Waals surface area contributed by atoms with Gasteiger partial charge in [-0.15, -0.1) is 23.5 Å². The minimum absolute atomic E-state index is 0.216. The normalized spacial score (nSPS) is 17.5. The van der Waals surface area contributed by atoms with Crippen LogP contribution in [-0.2, 0) is 9.53 Å². The zero-order chi connectivity index (χ0) is 23.8. The van der Waals surface area contributed by atoms with Crippen molar-refractivity contribution < 1.29 is 19.7 Å². The third-order valence-corrected chi connectivity index (χ3v) is 8.99. The second-order valence-electron chi connectivity index (χ2n) is 9.47. The molecule has 0 saturated heterocycles. The molecule has 2 aliphatic rings. The largest absolute Gasteiger partial charge is 0.508 e. The van der Waals surface area contributed by atoms with Crippen molar-refractivity contribution in [2.75, 3.05) is 18.1 Å². The van der Waals surface area contributed by atoms with Gasteiger partial charge in [-0.25, -0.2) is 0 Å². The van der Waals surface area contributed by atoms with E-state index in [1.807, 2.05) is 18.2 Å². The number of carbonyl (C=O) groups excluding carboxylic acids is 1. The highest BCUT2D eigenvalue weighted by molar-refractivity contribution is 8.00. The molecule has 2 fully saturated rings. The number of phenols is 2. The summed E-state index contributed by atoms with van der Waals surface area (Å²) in [5.41, 5.74) is 2.09. The third kappa shape index (κ3) is 7.11. The smallest absolute Gasteiger partial charge is 0.316 e. The second kappa shape index (κ2) is 12.8. The summed E-state index contributed by atoms with van der Waals surface area (Å²) in [6.07, 6.45) is 12.1. The minimum Gasteiger partial charge on any atom is -0.508 e. The van der Waals surface area contributed by atoms with E-state index in [4.69, 9.17) is 4.74 Å². The molecule has 2 aromatic carbocycles. The minimum atomic E-state index is -0.216. The number of rotatable bonds is 9. The SMILES string of the molecule is O=C(CSc1ccc(O)c(C2CCCCC2)c1)OCCSc1ccc(O)c(C2CCCCC2)c1. The molecule has 2 aromatic rings. The Kier molecular flexibility index (Phi) is 9.51. The Bertz CT molecular complexity index is 949. The first-order valence-corrected chi connectivity index (χ1v) is 14.6. The van der Waals surface area contributed by atoms with Gasteiger partial charge in [0.2, 0.25) is 0 Å². The standard InChI is InChI=1S/C28H36O4S2/c29-26-13-11-22(17-24(26)20-7-3-1-4-8-20)33-16-15-32-28(31)19-34-23-12-14-27(30)25(18-23)21-9-5-2-6-10-21/h11-14,17-18,20-21,29-30H,1-10,15-16,19H2. The second-order valence-corrected chi connectivity index (χ2v) is 11.7. The van der Waals surface area contributed by atoms with Gasteiger partial charge in [0.05, 0.1) is 5.75 Å². The molecule has 0 atom stereocenters. The van der Waals surface area contributed by atoms with Crippen molar-refractivity contribution in [3.63, 3.8) is 0 Å². The highest BCUT2D eigenvalue weighted by Crippen LogP contribution is 2.40. The van der Waals surface area contributed by atoms with Crippen LogP contribution < -0.4 is 0 Å². The van der Waals surface area contributed by atoms with Gasteiger partial charge in [0.15, 0.2) is 0 Å². The topological polar surface area (TPSA) is 66.8 Å². The van der Waals surface area contributed by atoms with E-state index in [0.29, 0.717) is 35.7 Å². The Morgan fingerprint density at radius 3 is 1.79 bits per heavy atom. The van der Waals surface area contributed by atoms with E-state index in [2.05, 4.69) is 6.07 Å².